The van der Waals surface area contributed by atoms with Crippen LogP contribution in [0.2, 0.25) is 0 Å². The molecule has 1 amide bonds. The number of ether oxygens (including phenoxy) is 2. The summed E-state index contributed by atoms with van der Waals surface area (Å²) in [6.07, 6.45) is 1.34. The molecule has 0 fully saturated rings. The largest absolute Gasteiger partial charge is 0.489 e. The third kappa shape index (κ3) is 7.23. The molecule has 2 N–H and O–H groups in total. The Bertz CT molecular complexity index is 1200. The van der Waals surface area contributed by atoms with Gasteiger partial charge in [0.25, 0.3) is 5.91 Å². The summed E-state index contributed by atoms with van der Waals surface area (Å²) in [5.74, 6) is -0.870. The second kappa shape index (κ2) is 11.5. The molecule has 0 bridgehead atoms. The minimum Gasteiger partial charge on any atom is -0.489 e. The number of hydrogen-bond donors (Lipinski definition) is 2. The summed E-state index contributed by atoms with van der Waals surface area (Å²) in [6, 6.07) is 23.3. The van der Waals surface area contributed by atoms with Gasteiger partial charge in [-0.1, -0.05) is 46.3 Å². The summed E-state index contributed by atoms with van der Waals surface area (Å²) in [7, 11) is 0. The predicted octanol–water partition coefficient (Wildman–Crippen LogP) is 5.04. The number of anilines is 1. The van der Waals surface area contributed by atoms with Crippen molar-refractivity contribution in [2.45, 2.75) is 6.61 Å². The fourth-order valence-electron chi connectivity index (χ4n) is 2.78. The summed E-state index contributed by atoms with van der Waals surface area (Å²) in [5, 5.41) is 21.0. The zero-order chi connectivity index (χ0) is 23.6. The van der Waals surface area contributed by atoms with Gasteiger partial charge in [-0.15, -0.1) is 0 Å². The molecule has 0 aliphatic carbocycles. The number of amides is 1. The molecule has 7 nitrogen and oxygen atoms in total. The highest BCUT2D eigenvalue weighted by atomic mass is 79.9. The van der Waals surface area contributed by atoms with E-state index in [2.05, 4.69) is 21.2 Å². The molecule has 166 valence electrons. The number of carboxylic acids is 1. The van der Waals surface area contributed by atoms with E-state index in [9.17, 15) is 14.9 Å². The van der Waals surface area contributed by atoms with Crippen LogP contribution in [-0.2, 0) is 16.2 Å². The number of nitrogens with zero attached hydrogens (tertiary/aromatic N) is 1. The molecular formula is C25H19BrN2O5. The third-order valence-corrected chi connectivity index (χ3v) is 4.84. The van der Waals surface area contributed by atoms with E-state index in [0.29, 0.717) is 28.1 Å². The van der Waals surface area contributed by atoms with E-state index in [1.165, 1.54) is 6.08 Å². The third-order valence-electron chi connectivity index (χ3n) is 4.35. The van der Waals surface area contributed by atoms with Gasteiger partial charge in [-0.05, 0) is 54.1 Å². The number of benzene rings is 3. The van der Waals surface area contributed by atoms with Crippen molar-refractivity contribution < 1.29 is 24.2 Å². The molecule has 0 unspecified atom stereocenters. The number of carboxylic acid groups (broad SMARTS) is 1. The van der Waals surface area contributed by atoms with Crippen molar-refractivity contribution >= 4 is 39.6 Å². The maximum atomic E-state index is 12.6. The Morgan fingerprint density at radius 3 is 2.42 bits per heavy atom. The zero-order valence-electron chi connectivity index (χ0n) is 17.3. The number of hydrogen-bond acceptors (Lipinski definition) is 5. The fraction of sp³-hybridized carbons (Fsp3) is 0.0800. The lowest BCUT2D eigenvalue weighted by atomic mass is 10.1. The number of nitriles is 1. The van der Waals surface area contributed by atoms with E-state index in [0.717, 1.165) is 5.56 Å². The molecular weight excluding hydrogens is 488 g/mol. The monoisotopic (exact) mass is 506 g/mol. The van der Waals surface area contributed by atoms with Gasteiger partial charge in [0.2, 0.25) is 0 Å². The Balaban J connectivity index is 1.68. The van der Waals surface area contributed by atoms with Gasteiger partial charge >= 0.3 is 5.97 Å². The molecule has 0 aliphatic heterocycles. The van der Waals surface area contributed by atoms with Crippen LogP contribution in [0.1, 0.15) is 11.1 Å². The molecule has 0 saturated heterocycles. The Morgan fingerprint density at radius 2 is 1.76 bits per heavy atom. The average Bonchev–Trinajstić information content (AvgIpc) is 2.82. The van der Waals surface area contributed by atoms with Crippen LogP contribution in [0.4, 0.5) is 5.69 Å². The van der Waals surface area contributed by atoms with Crippen LogP contribution in [-0.4, -0.2) is 23.6 Å². The molecule has 0 spiro atoms. The Labute approximate surface area is 199 Å². The fourth-order valence-corrected chi connectivity index (χ4v) is 3.16. The molecule has 33 heavy (non-hydrogen) atoms. The second-order valence-electron chi connectivity index (χ2n) is 6.79. The molecule has 8 heteroatoms. The minimum absolute atomic E-state index is 0.169. The van der Waals surface area contributed by atoms with Crippen molar-refractivity contribution in [3.63, 3.8) is 0 Å². The number of carbonyl (C=O) groups is 2. The van der Waals surface area contributed by atoms with Gasteiger partial charge in [-0.25, -0.2) is 4.79 Å². The van der Waals surface area contributed by atoms with Crippen molar-refractivity contribution in [3.8, 4) is 17.6 Å². The molecule has 0 aromatic heterocycles. The number of aliphatic carboxylic acids is 1. The SMILES string of the molecule is N#C/C(=C\c1cc(Br)ccc1OCC(=O)O)C(=O)Nc1ccc(OCc2ccccc2)cc1. The van der Waals surface area contributed by atoms with E-state index in [4.69, 9.17) is 14.6 Å². The van der Waals surface area contributed by atoms with Crippen LogP contribution < -0.4 is 14.8 Å². The van der Waals surface area contributed by atoms with Crippen molar-refractivity contribution in [3.05, 3.63) is 94.0 Å². The Hall–Kier alpha value is -4.09. The van der Waals surface area contributed by atoms with Crippen molar-refractivity contribution in [1.82, 2.24) is 0 Å². The molecule has 0 aliphatic rings. The highest BCUT2D eigenvalue weighted by Gasteiger charge is 2.13. The first-order valence-corrected chi connectivity index (χ1v) is 10.6. The van der Waals surface area contributed by atoms with Gasteiger partial charge in [0.1, 0.15) is 29.7 Å². The molecule has 3 aromatic rings. The Morgan fingerprint density at radius 1 is 1.03 bits per heavy atom. The summed E-state index contributed by atoms with van der Waals surface area (Å²) in [6.45, 7) is -0.123. The van der Waals surface area contributed by atoms with Gasteiger partial charge in [0.15, 0.2) is 6.61 Å². The average molecular weight is 507 g/mol. The molecule has 0 heterocycles. The first-order chi connectivity index (χ1) is 15.9. The van der Waals surface area contributed by atoms with E-state index in [1.54, 1.807) is 42.5 Å². The zero-order valence-corrected chi connectivity index (χ0v) is 18.9. The van der Waals surface area contributed by atoms with E-state index >= 15 is 0 Å². The molecule has 0 atom stereocenters. The smallest absolute Gasteiger partial charge is 0.341 e. The van der Waals surface area contributed by atoms with Gasteiger partial charge in [0.05, 0.1) is 0 Å². The summed E-state index contributed by atoms with van der Waals surface area (Å²) in [5.41, 5.74) is 1.75. The van der Waals surface area contributed by atoms with Crippen LogP contribution in [0.15, 0.2) is 82.8 Å². The molecule has 0 saturated carbocycles. The molecule has 0 radical (unpaired) electrons. The van der Waals surface area contributed by atoms with Gasteiger partial charge in [-0.3, -0.25) is 4.79 Å². The maximum Gasteiger partial charge on any atom is 0.341 e. The van der Waals surface area contributed by atoms with Crippen molar-refractivity contribution in [2.24, 2.45) is 0 Å². The van der Waals surface area contributed by atoms with E-state index < -0.39 is 18.5 Å². The highest BCUT2D eigenvalue weighted by Crippen LogP contribution is 2.26. The predicted molar refractivity (Wildman–Crippen MR) is 127 cm³/mol. The molecule has 3 rings (SSSR count). The lowest BCUT2D eigenvalue weighted by Gasteiger charge is -2.10. The van der Waals surface area contributed by atoms with Gasteiger partial charge in [0, 0.05) is 15.7 Å². The first kappa shape index (κ1) is 23.6. The highest BCUT2D eigenvalue weighted by molar-refractivity contribution is 9.10. The van der Waals surface area contributed by atoms with Gasteiger partial charge < -0.3 is 19.9 Å². The second-order valence-corrected chi connectivity index (χ2v) is 7.70. The van der Waals surface area contributed by atoms with E-state index in [1.807, 2.05) is 36.4 Å². The normalized spacial score (nSPS) is 10.7. The van der Waals surface area contributed by atoms with Crippen LogP contribution >= 0.6 is 15.9 Å². The minimum atomic E-state index is -1.14. The van der Waals surface area contributed by atoms with Crippen LogP contribution in [0.25, 0.3) is 6.08 Å². The van der Waals surface area contributed by atoms with Crippen molar-refractivity contribution in [2.75, 3.05) is 11.9 Å². The standard InChI is InChI=1S/C25H19BrN2O5/c26-20-6-11-23(33-16-24(29)30)18(13-20)12-19(14-27)25(31)28-21-7-9-22(10-8-21)32-15-17-4-2-1-3-5-17/h1-13H,15-16H2,(H,28,31)(H,29,30)/b19-12+. The maximum absolute atomic E-state index is 12.6. The lowest BCUT2D eigenvalue weighted by Crippen LogP contribution is -2.14. The number of carbonyl (C=O) groups excluding carboxylic acids is 1. The summed E-state index contributed by atoms with van der Waals surface area (Å²) < 4.78 is 11.7. The van der Waals surface area contributed by atoms with Crippen LogP contribution in [0.3, 0.4) is 0 Å². The van der Waals surface area contributed by atoms with Crippen molar-refractivity contribution in [1.29, 1.82) is 5.26 Å². The first-order valence-electron chi connectivity index (χ1n) is 9.78. The Kier molecular flexibility index (Phi) is 8.22. The topological polar surface area (TPSA) is 109 Å². The van der Waals surface area contributed by atoms with Crippen LogP contribution in [0.5, 0.6) is 11.5 Å². The quantitative estimate of drug-likeness (QED) is 0.311. The van der Waals surface area contributed by atoms with Gasteiger partial charge in [-0.2, -0.15) is 5.26 Å². The van der Waals surface area contributed by atoms with E-state index in [-0.39, 0.29) is 11.3 Å². The lowest BCUT2D eigenvalue weighted by molar-refractivity contribution is -0.139. The van der Waals surface area contributed by atoms with Crippen LogP contribution in [0, 0.1) is 11.3 Å². The number of halogens is 1. The number of nitrogens with one attached hydrogen (secondary N) is 1. The summed E-state index contributed by atoms with van der Waals surface area (Å²) in [4.78, 5) is 23.4. The number of rotatable bonds is 9. The molecule has 3 aromatic carbocycles. The summed E-state index contributed by atoms with van der Waals surface area (Å²) >= 11 is 3.32.